The molecule has 16 heavy (non-hydrogen) atoms. The van der Waals surface area contributed by atoms with Crippen molar-refractivity contribution in [3.05, 3.63) is 24.0 Å². The fourth-order valence-corrected chi connectivity index (χ4v) is 1.62. The van der Waals surface area contributed by atoms with Gasteiger partial charge in [0.2, 0.25) is 0 Å². The highest BCUT2D eigenvalue weighted by atomic mass is 35.5. The van der Waals surface area contributed by atoms with E-state index in [1.807, 2.05) is 0 Å². The molecule has 0 aliphatic rings. The van der Waals surface area contributed by atoms with E-state index in [2.05, 4.69) is 4.98 Å². The van der Waals surface area contributed by atoms with E-state index in [0.29, 0.717) is 11.3 Å². The molecule has 1 rings (SSSR count). The van der Waals surface area contributed by atoms with Crippen LogP contribution in [-0.2, 0) is 5.88 Å². The monoisotopic (exact) mass is 252 g/mol. The highest BCUT2D eigenvalue weighted by Crippen LogP contribution is 2.25. The van der Waals surface area contributed by atoms with E-state index in [0.717, 1.165) is 0 Å². The highest BCUT2D eigenvalue weighted by Gasteiger charge is 2.30. The summed E-state index contributed by atoms with van der Waals surface area (Å²) in [4.78, 5) is 5.07. The maximum absolute atomic E-state index is 12.3. The number of alkyl halides is 4. The smallest absolute Gasteiger partial charge is 0.363 e. The molecule has 0 aliphatic heterocycles. The van der Waals surface area contributed by atoms with Crippen molar-refractivity contribution in [3.8, 4) is 0 Å². The fourth-order valence-electron chi connectivity index (χ4n) is 1.42. The van der Waals surface area contributed by atoms with Gasteiger partial charge >= 0.3 is 6.18 Å². The average Bonchev–Trinajstić information content (AvgIpc) is 2.24. The zero-order valence-electron chi connectivity index (χ0n) is 8.76. The van der Waals surface area contributed by atoms with Crippen LogP contribution in [0.2, 0.25) is 0 Å². The zero-order chi connectivity index (χ0) is 12.2. The van der Waals surface area contributed by atoms with Gasteiger partial charge in [0, 0.05) is 30.2 Å². The number of rotatable bonds is 4. The van der Waals surface area contributed by atoms with Crippen LogP contribution < -0.4 is 4.90 Å². The third-order valence-corrected chi connectivity index (χ3v) is 2.40. The molecular weight excluding hydrogens is 241 g/mol. The van der Waals surface area contributed by atoms with Gasteiger partial charge in [-0.25, -0.2) is 0 Å². The van der Waals surface area contributed by atoms with E-state index in [1.165, 1.54) is 17.3 Å². The number of halogens is 4. The minimum absolute atomic E-state index is 0.150. The van der Waals surface area contributed by atoms with Crippen LogP contribution in [0.4, 0.5) is 18.9 Å². The maximum atomic E-state index is 12.3. The van der Waals surface area contributed by atoms with Gasteiger partial charge in [0.1, 0.15) is 6.54 Å². The lowest BCUT2D eigenvalue weighted by Gasteiger charge is -2.25. The van der Waals surface area contributed by atoms with Gasteiger partial charge in [-0.2, -0.15) is 13.2 Å². The van der Waals surface area contributed by atoms with Crippen LogP contribution in [0.3, 0.4) is 0 Å². The van der Waals surface area contributed by atoms with E-state index in [9.17, 15) is 13.2 Å². The lowest BCUT2D eigenvalue weighted by molar-refractivity contribution is -0.119. The van der Waals surface area contributed by atoms with Crippen molar-refractivity contribution in [2.75, 3.05) is 18.0 Å². The molecule has 0 saturated carbocycles. The Bertz CT molecular complexity index is 341. The minimum atomic E-state index is -4.22. The quantitative estimate of drug-likeness (QED) is 0.765. The van der Waals surface area contributed by atoms with Crippen LogP contribution in [0.15, 0.2) is 18.5 Å². The number of hydrogen-bond donors (Lipinski definition) is 0. The van der Waals surface area contributed by atoms with Crippen LogP contribution in [0.5, 0.6) is 0 Å². The van der Waals surface area contributed by atoms with Crippen molar-refractivity contribution in [3.63, 3.8) is 0 Å². The summed E-state index contributed by atoms with van der Waals surface area (Å²) in [7, 11) is 0. The molecule has 0 radical (unpaired) electrons. The van der Waals surface area contributed by atoms with Crippen LogP contribution in [0.1, 0.15) is 12.5 Å². The second kappa shape index (κ2) is 5.39. The van der Waals surface area contributed by atoms with Crippen LogP contribution in [-0.4, -0.2) is 24.2 Å². The Kier molecular flexibility index (Phi) is 4.41. The third kappa shape index (κ3) is 3.56. The Morgan fingerprint density at radius 3 is 2.62 bits per heavy atom. The molecule has 0 fully saturated rings. The molecule has 0 spiro atoms. The molecule has 0 aromatic carbocycles. The first-order valence-corrected chi connectivity index (χ1v) is 5.32. The van der Waals surface area contributed by atoms with E-state index >= 15 is 0 Å². The first-order valence-electron chi connectivity index (χ1n) is 4.78. The predicted molar refractivity (Wildman–Crippen MR) is 57.7 cm³/mol. The first-order chi connectivity index (χ1) is 7.48. The molecule has 0 bridgehead atoms. The minimum Gasteiger partial charge on any atom is -0.363 e. The summed E-state index contributed by atoms with van der Waals surface area (Å²) >= 11 is 5.66. The summed E-state index contributed by atoms with van der Waals surface area (Å²) in [5.41, 5.74) is 1.10. The van der Waals surface area contributed by atoms with Gasteiger partial charge in [0.05, 0.1) is 5.88 Å². The Balaban J connectivity index is 2.94. The molecule has 1 aromatic heterocycles. The molecule has 1 heterocycles. The van der Waals surface area contributed by atoms with E-state index < -0.39 is 12.7 Å². The van der Waals surface area contributed by atoms with Crippen LogP contribution in [0.25, 0.3) is 0 Å². The molecular formula is C10H12ClF3N2. The third-order valence-electron chi connectivity index (χ3n) is 2.11. The maximum Gasteiger partial charge on any atom is 0.405 e. The zero-order valence-corrected chi connectivity index (χ0v) is 9.52. The van der Waals surface area contributed by atoms with Crippen molar-refractivity contribution in [2.24, 2.45) is 0 Å². The highest BCUT2D eigenvalue weighted by molar-refractivity contribution is 6.17. The Morgan fingerprint density at radius 2 is 2.12 bits per heavy atom. The molecule has 2 nitrogen and oxygen atoms in total. The molecule has 6 heteroatoms. The number of nitrogens with zero attached hydrogens (tertiary/aromatic N) is 2. The summed E-state index contributed by atoms with van der Waals surface area (Å²) in [6.07, 6.45) is -1.27. The molecule has 0 saturated heterocycles. The van der Waals surface area contributed by atoms with Crippen LogP contribution >= 0.6 is 11.6 Å². The molecule has 0 N–H and O–H groups in total. The number of aromatic nitrogens is 1. The van der Waals surface area contributed by atoms with Gasteiger partial charge in [-0.05, 0) is 13.0 Å². The van der Waals surface area contributed by atoms with Gasteiger partial charge in [0.15, 0.2) is 0 Å². The molecule has 0 atom stereocenters. The molecule has 0 unspecified atom stereocenters. The second-order valence-corrected chi connectivity index (χ2v) is 3.53. The lowest BCUT2D eigenvalue weighted by atomic mass is 10.2. The molecule has 1 aromatic rings. The van der Waals surface area contributed by atoms with Crippen molar-refractivity contribution in [1.82, 2.24) is 4.98 Å². The number of pyridine rings is 1. The molecule has 0 amide bonds. The van der Waals surface area contributed by atoms with Gasteiger partial charge < -0.3 is 4.90 Å². The average molecular weight is 253 g/mol. The first kappa shape index (κ1) is 13.1. The SMILES string of the molecule is CCN(CC(F)(F)F)c1ccncc1CCl. The normalized spacial score (nSPS) is 11.6. The Morgan fingerprint density at radius 1 is 1.44 bits per heavy atom. The molecule has 0 aliphatic carbocycles. The second-order valence-electron chi connectivity index (χ2n) is 3.27. The largest absolute Gasteiger partial charge is 0.405 e. The summed E-state index contributed by atoms with van der Waals surface area (Å²) in [5, 5.41) is 0. The van der Waals surface area contributed by atoms with Gasteiger partial charge in [-0.1, -0.05) is 0 Å². The van der Waals surface area contributed by atoms with E-state index in [4.69, 9.17) is 11.6 Å². The van der Waals surface area contributed by atoms with Gasteiger partial charge in [0.25, 0.3) is 0 Å². The van der Waals surface area contributed by atoms with Crippen molar-refractivity contribution in [2.45, 2.75) is 19.0 Å². The number of hydrogen-bond acceptors (Lipinski definition) is 2. The van der Waals surface area contributed by atoms with Gasteiger partial charge in [-0.3, -0.25) is 4.98 Å². The summed E-state index contributed by atoms with van der Waals surface area (Å²) in [5.74, 6) is 0.150. The molecule has 90 valence electrons. The van der Waals surface area contributed by atoms with Gasteiger partial charge in [-0.15, -0.1) is 11.6 Å². The Hall–Kier alpha value is -0.970. The lowest BCUT2D eigenvalue weighted by Crippen LogP contribution is -2.34. The predicted octanol–water partition coefficient (Wildman–Crippen LogP) is 3.21. The van der Waals surface area contributed by atoms with E-state index in [1.54, 1.807) is 13.0 Å². The van der Waals surface area contributed by atoms with Crippen molar-refractivity contribution < 1.29 is 13.2 Å². The topological polar surface area (TPSA) is 16.1 Å². The van der Waals surface area contributed by atoms with E-state index in [-0.39, 0.29) is 12.4 Å². The number of anilines is 1. The summed E-state index contributed by atoms with van der Waals surface area (Å²) in [6, 6.07) is 1.55. The Labute approximate surface area is 97.0 Å². The van der Waals surface area contributed by atoms with Crippen LogP contribution in [0, 0.1) is 0 Å². The summed E-state index contributed by atoms with van der Waals surface area (Å²) < 4.78 is 37.0. The van der Waals surface area contributed by atoms with Crippen molar-refractivity contribution in [1.29, 1.82) is 0 Å². The fraction of sp³-hybridized carbons (Fsp3) is 0.500. The standard InChI is InChI=1S/C10H12ClF3N2/c1-2-16(7-10(12,13)14)9-3-4-15-6-8(9)5-11/h3-4,6H,2,5,7H2,1H3. The van der Waals surface area contributed by atoms with Crippen molar-refractivity contribution >= 4 is 17.3 Å². The summed E-state index contributed by atoms with van der Waals surface area (Å²) in [6.45, 7) is 0.967.